The summed E-state index contributed by atoms with van der Waals surface area (Å²) in [5.74, 6) is -0.113. The summed E-state index contributed by atoms with van der Waals surface area (Å²) in [5.41, 5.74) is 2.95. The molecule has 1 N–H and O–H groups in total. The van der Waals surface area contributed by atoms with Gasteiger partial charge in [0.1, 0.15) is 5.82 Å². The normalized spacial score (nSPS) is 14.4. The van der Waals surface area contributed by atoms with Crippen LogP contribution in [0.15, 0.2) is 12.1 Å². The summed E-state index contributed by atoms with van der Waals surface area (Å²) in [6, 6.07) is 3.50. The lowest BCUT2D eigenvalue weighted by Gasteiger charge is -2.01. The number of fused-ring (bicyclic) bond motifs is 1. The highest BCUT2D eigenvalue weighted by molar-refractivity contribution is 5.56. The van der Waals surface area contributed by atoms with Crippen molar-refractivity contribution < 1.29 is 4.39 Å². The Bertz CT molecular complexity index is 265. The molecule has 58 valence electrons. The van der Waals surface area contributed by atoms with E-state index < -0.39 is 0 Å². The van der Waals surface area contributed by atoms with Gasteiger partial charge < -0.3 is 5.32 Å². The van der Waals surface area contributed by atoms with Crippen LogP contribution in [0.5, 0.6) is 0 Å². The molecular formula is C9H10FN. The van der Waals surface area contributed by atoms with Crippen molar-refractivity contribution in [1.29, 1.82) is 0 Å². The van der Waals surface area contributed by atoms with Gasteiger partial charge >= 0.3 is 0 Å². The zero-order chi connectivity index (χ0) is 7.84. The van der Waals surface area contributed by atoms with Crippen molar-refractivity contribution in [3.63, 3.8) is 0 Å². The molecule has 0 aliphatic carbocycles. The van der Waals surface area contributed by atoms with E-state index in [1.165, 1.54) is 5.56 Å². The highest BCUT2D eigenvalue weighted by Crippen LogP contribution is 2.24. The van der Waals surface area contributed by atoms with Crippen LogP contribution >= 0.6 is 0 Å². The Morgan fingerprint density at radius 1 is 1.45 bits per heavy atom. The highest BCUT2D eigenvalue weighted by atomic mass is 19.1. The van der Waals surface area contributed by atoms with Crippen molar-refractivity contribution in [2.75, 3.05) is 11.9 Å². The molecule has 2 rings (SSSR count). The van der Waals surface area contributed by atoms with Crippen LogP contribution in [0, 0.1) is 12.7 Å². The van der Waals surface area contributed by atoms with E-state index in [0.717, 1.165) is 24.2 Å². The molecule has 0 aromatic heterocycles. The Kier molecular flexibility index (Phi) is 1.34. The average Bonchev–Trinajstić information content (AvgIpc) is 2.36. The summed E-state index contributed by atoms with van der Waals surface area (Å²) < 4.78 is 12.9. The summed E-state index contributed by atoms with van der Waals surface area (Å²) >= 11 is 0. The van der Waals surface area contributed by atoms with Gasteiger partial charge in [0.25, 0.3) is 0 Å². The molecule has 0 unspecified atom stereocenters. The predicted molar refractivity (Wildman–Crippen MR) is 43.3 cm³/mol. The van der Waals surface area contributed by atoms with E-state index in [4.69, 9.17) is 0 Å². The number of hydrogen-bond acceptors (Lipinski definition) is 1. The van der Waals surface area contributed by atoms with Gasteiger partial charge in [-0.25, -0.2) is 4.39 Å². The summed E-state index contributed by atoms with van der Waals surface area (Å²) in [5, 5.41) is 3.13. The first-order valence-corrected chi connectivity index (χ1v) is 3.80. The van der Waals surface area contributed by atoms with Crippen LogP contribution < -0.4 is 5.32 Å². The maximum Gasteiger partial charge on any atom is 0.128 e. The maximum atomic E-state index is 12.9. The third kappa shape index (κ3) is 0.985. The number of halogens is 1. The fourth-order valence-corrected chi connectivity index (χ4v) is 1.44. The van der Waals surface area contributed by atoms with Gasteiger partial charge in [-0.05, 0) is 30.5 Å². The van der Waals surface area contributed by atoms with Crippen molar-refractivity contribution in [2.45, 2.75) is 13.3 Å². The molecule has 1 aromatic carbocycles. The van der Waals surface area contributed by atoms with Crippen molar-refractivity contribution in [3.05, 3.63) is 29.1 Å². The molecule has 1 aliphatic rings. The van der Waals surface area contributed by atoms with Crippen LogP contribution in [0.3, 0.4) is 0 Å². The lowest BCUT2D eigenvalue weighted by Crippen LogP contribution is -1.91. The Balaban J connectivity index is 2.57. The summed E-state index contributed by atoms with van der Waals surface area (Å²) in [6.45, 7) is 2.74. The van der Waals surface area contributed by atoms with Crippen molar-refractivity contribution in [3.8, 4) is 0 Å². The zero-order valence-corrected chi connectivity index (χ0v) is 6.45. The molecule has 0 spiro atoms. The van der Waals surface area contributed by atoms with Gasteiger partial charge in [0.15, 0.2) is 0 Å². The summed E-state index contributed by atoms with van der Waals surface area (Å²) in [7, 11) is 0. The molecule has 0 amide bonds. The number of aryl methyl sites for hydroxylation is 1. The van der Waals surface area contributed by atoms with E-state index in [0.29, 0.717) is 0 Å². The second kappa shape index (κ2) is 2.22. The first-order chi connectivity index (χ1) is 5.27. The molecule has 2 heteroatoms. The van der Waals surface area contributed by atoms with E-state index in [2.05, 4.69) is 5.32 Å². The molecular weight excluding hydrogens is 141 g/mol. The molecule has 0 atom stereocenters. The molecule has 1 aromatic rings. The average molecular weight is 151 g/mol. The quantitative estimate of drug-likeness (QED) is 0.598. The second-order valence-corrected chi connectivity index (χ2v) is 2.94. The van der Waals surface area contributed by atoms with Crippen LogP contribution in [0.4, 0.5) is 10.1 Å². The minimum atomic E-state index is -0.113. The fraction of sp³-hybridized carbons (Fsp3) is 0.333. The van der Waals surface area contributed by atoms with E-state index >= 15 is 0 Å². The molecule has 0 radical (unpaired) electrons. The van der Waals surface area contributed by atoms with E-state index in [1.807, 2.05) is 6.07 Å². The molecule has 1 heterocycles. The van der Waals surface area contributed by atoms with Gasteiger partial charge in [-0.15, -0.1) is 0 Å². The number of hydrogen-bond donors (Lipinski definition) is 1. The predicted octanol–water partition coefficient (Wildman–Crippen LogP) is 2.10. The van der Waals surface area contributed by atoms with E-state index in [9.17, 15) is 4.39 Å². The van der Waals surface area contributed by atoms with E-state index in [1.54, 1.807) is 13.0 Å². The number of rotatable bonds is 0. The minimum Gasteiger partial charge on any atom is -0.384 e. The molecule has 0 bridgehead atoms. The zero-order valence-electron chi connectivity index (χ0n) is 6.45. The van der Waals surface area contributed by atoms with E-state index in [-0.39, 0.29) is 5.82 Å². The van der Waals surface area contributed by atoms with Crippen molar-refractivity contribution >= 4 is 5.69 Å². The standard InChI is InChI=1S/C9H10FN/c1-6-4-7-2-3-11-9(7)5-8(6)10/h4-5,11H,2-3H2,1H3. The third-order valence-electron chi connectivity index (χ3n) is 2.09. The molecule has 0 saturated carbocycles. The largest absolute Gasteiger partial charge is 0.384 e. The third-order valence-corrected chi connectivity index (χ3v) is 2.09. The van der Waals surface area contributed by atoms with Gasteiger partial charge in [0.2, 0.25) is 0 Å². The molecule has 1 nitrogen and oxygen atoms in total. The van der Waals surface area contributed by atoms with Gasteiger partial charge in [-0.3, -0.25) is 0 Å². The Hall–Kier alpha value is -1.05. The van der Waals surface area contributed by atoms with Gasteiger partial charge in [-0.1, -0.05) is 6.07 Å². The lowest BCUT2D eigenvalue weighted by atomic mass is 10.1. The summed E-state index contributed by atoms with van der Waals surface area (Å²) in [6.07, 6.45) is 1.02. The molecule has 0 fully saturated rings. The molecule has 0 saturated heterocycles. The number of anilines is 1. The first kappa shape index (κ1) is 6.65. The van der Waals surface area contributed by atoms with Crippen LogP contribution in [0.25, 0.3) is 0 Å². The smallest absolute Gasteiger partial charge is 0.128 e. The van der Waals surface area contributed by atoms with Crippen LogP contribution in [-0.2, 0) is 6.42 Å². The van der Waals surface area contributed by atoms with Gasteiger partial charge in [0.05, 0.1) is 0 Å². The molecule has 11 heavy (non-hydrogen) atoms. The van der Waals surface area contributed by atoms with Crippen LogP contribution in [-0.4, -0.2) is 6.54 Å². The molecule has 1 aliphatic heterocycles. The van der Waals surface area contributed by atoms with Crippen LogP contribution in [0.2, 0.25) is 0 Å². The van der Waals surface area contributed by atoms with Crippen LogP contribution in [0.1, 0.15) is 11.1 Å². The fourth-order valence-electron chi connectivity index (χ4n) is 1.44. The first-order valence-electron chi connectivity index (χ1n) is 3.80. The Morgan fingerprint density at radius 3 is 3.09 bits per heavy atom. The SMILES string of the molecule is Cc1cc2c(cc1F)NCC2. The van der Waals surface area contributed by atoms with Crippen molar-refractivity contribution in [1.82, 2.24) is 0 Å². The maximum absolute atomic E-state index is 12.9. The van der Waals surface area contributed by atoms with Crippen molar-refractivity contribution in [2.24, 2.45) is 0 Å². The minimum absolute atomic E-state index is 0.113. The Labute approximate surface area is 65.2 Å². The summed E-state index contributed by atoms with van der Waals surface area (Å²) in [4.78, 5) is 0. The number of nitrogens with one attached hydrogen (secondary N) is 1. The second-order valence-electron chi connectivity index (χ2n) is 2.94. The van der Waals surface area contributed by atoms with Gasteiger partial charge in [-0.2, -0.15) is 0 Å². The lowest BCUT2D eigenvalue weighted by molar-refractivity contribution is 0.619. The monoisotopic (exact) mass is 151 g/mol. The topological polar surface area (TPSA) is 12.0 Å². The highest BCUT2D eigenvalue weighted by Gasteiger charge is 2.11. The Morgan fingerprint density at radius 2 is 2.27 bits per heavy atom. The van der Waals surface area contributed by atoms with Gasteiger partial charge in [0, 0.05) is 12.2 Å². The number of benzene rings is 1.